The third-order valence-corrected chi connectivity index (χ3v) is 8.21. The number of nitrogens with one attached hydrogen (secondary N) is 1. The molecular formula is C35H45N3O4. The van der Waals surface area contributed by atoms with Gasteiger partial charge in [-0.05, 0) is 113 Å². The lowest BCUT2D eigenvalue weighted by Gasteiger charge is -2.38. The van der Waals surface area contributed by atoms with Crippen LogP contribution in [0.25, 0.3) is 11.3 Å². The number of benzene rings is 2. The van der Waals surface area contributed by atoms with Crippen molar-refractivity contribution in [3.8, 4) is 17.0 Å². The number of carbonyl (C=O) groups is 1. The maximum atomic E-state index is 12.9. The van der Waals surface area contributed by atoms with Gasteiger partial charge in [-0.3, -0.25) is 4.79 Å². The molecule has 0 saturated carbocycles. The van der Waals surface area contributed by atoms with Gasteiger partial charge in [-0.2, -0.15) is 0 Å². The van der Waals surface area contributed by atoms with Crippen molar-refractivity contribution in [2.75, 3.05) is 31.6 Å². The number of anilines is 1. The highest BCUT2D eigenvalue weighted by atomic mass is 16.6. The van der Waals surface area contributed by atoms with Crippen molar-refractivity contribution in [3.63, 3.8) is 0 Å². The predicted molar refractivity (Wildman–Crippen MR) is 167 cm³/mol. The number of piperidine rings is 1. The van der Waals surface area contributed by atoms with Gasteiger partial charge in [0, 0.05) is 32.3 Å². The topological polar surface area (TPSA) is 72.9 Å². The number of aromatic nitrogens is 1. The average Bonchev–Trinajstić information content (AvgIpc) is 2.95. The Kier molecular flexibility index (Phi) is 8.90. The summed E-state index contributed by atoms with van der Waals surface area (Å²) < 4.78 is 18.0. The molecule has 0 bridgehead atoms. The molecule has 1 fully saturated rings. The maximum Gasteiger partial charge on any atom is 0.312 e. The molecule has 3 heterocycles. The lowest BCUT2D eigenvalue weighted by molar-refractivity contribution is -0.165. The van der Waals surface area contributed by atoms with Gasteiger partial charge in [0.15, 0.2) is 0 Å². The Morgan fingerprint density at radius 1 is 1.10 bits per heavy atom. The van der Waals surface area contributed by atoms with Crippen molar-refractivity contribution < 1.29 is 19.0 Å². The molecule has 2 aliphatic heterocycles. The number of ether oxygens (including phenoxy) is 3. The largest absolute Gasteiger partial charge is 0.488 e. The first-order valence-electron chi connectivity index (χ1n) is 15.1. The average molecular weight is 572 g/mol. The van der Waals surface area contributed by atoms with Gasteiger partial charge < -0.3 is 24.4 Å². The molecule has 7 heteroatoms. The summed E-state index contributed by atoms with van der Waals surface area (Å²) in [6, 6.07) is 15.0. The summed E-state index contributed by atoms with van der Waals surface area (Å²) in [4.78, 5) is 20.2. The Morgan fingerprint density at radius 2 is 1.90 bits per heavy atom. The first-order chi connectivity index (χ1) is 20.0. The summed E-state index contributed by atoms with van der Waals surface area (Å²) >= 11 is 0. The molecule has 2 atom stereocenters. The standard InChI is InChI=1S/C35H45N3O4/c1-22-15-24(3)33(41-21-25-17-23(2)29-19-36-13-11-26(29)18-25)28(16-22)30-9-8-10-32(37-30)38-14-12-27(31(20-38)40-7)34(39)42-35(4,5)6/h8-10,15-18,27,31,36H,11-14,19-21H2,1-7H3/t27-,31-/m1/s1. The Labute approximate surface area is 250 Å². The summed E-state index contributed by atoms with van der Waals surface area (Å²) in [6.07, 6.45) is 1.43. The third-order valence-electron chi connectivity index (χ3n) is 8.21. The zero-order valence-corrected chi connectivity index (χ0v) is 26.2. The highest BCUT2D eigenvalue weighted by molar-refractivity contribution is 5.74. The Balaban J connectivity index is 1.37. The molecule has 1 saturated heterocycles. The second kappa shape index (κ2) is 12.4. The van der Waals surface area contributed by atoms with Crippen LogP contribution in [0.3, 0.4) is 0 Å². The number of pyridine rings is 1. The Bertz CT molecular complexity index is 1440. The number of methoxy groups -OCH3 is 1. The third kappa shape index (κ3) is 6.79. The molecule has 2 aromatic carbocycles. The molecule has 0 spiro atoms. The van der Waals surface area contributed by atoms with Crippen LogP contribution in [0.15, 0.2) is 42.5 Å². The Morgan fingerprint density at radius 3 is 2.67 bits per heavy atom. The van der Waals surface area contributed by atoms with E-state index in [1.807, 2.05) is 39.0 Å². The minimum atomic E-state index is -0.523. The van der Waals surface area contributed by atoms with Crippen LogP contribution >= 0.6 is 0 Å². The first kappa shape index (κ1) is 30.1. The van der Waals surface area contributed by atoms with Gasteiger partial charge in [-0.1, -0.05) is 24.3 Å². The van der Waals surface area contributed by atoms with Gasteiger partial charge in [0.2, 0.25) is 0 Å². The van der Waals surface area contributed by atoms with Gasteiger partial charge >= 0.3 is 5.97 Å². The second-order valence-electron chi connectivity index (χ2n) is 12.8. The number of rotatable bonds is 7. The maximum absolute atomic E-state index is 12.9. The van der Waals surface area contributed by atoms with E-state index in [0.717, 1.165) is 53.5 Å². The second-order valence-corrected chi connectivity index (χ2v) is 12.8. The summed E-state index contributed by atoms with van der Waals surface area (Å²) in [5.41, 5.74) is 8.94. The van der Waals surface area contributed by atoms with Gasteiger partial charge in [-0.25, -0.2) is 4.98 Å². The molecule has 3 aromatic rings. The fourth-order valence-corrected chi connectivity index (χ4v) is 6.22. The van der Waals surface area contributed by atoms with E-state index in [1.54, 1.807) is 7.11 Å². The molecule has 2 aliphatic rings. The van der Waals surface area contributed by atoms with E-state index in [1.165, 1.54) is 22.3 Å². The lowest BCUT2D eigenvalue weighted by Crippen LogP contribution is -2.49. The van der Waals surface area contributed by atoms with Crippen molar-refractivity contribution >= 4 is 11.8 Å². The normalized spacial score (nSPS) is 18.9. The van der Waals surface area contributed by atoms with E-state index < -0.39 is 5.60 Å². The molecule has 5 rings (SSSR count). The van der Waals surface area contributed by atoms with E-state index in [2.05, 4.69) is 55.3 Å². The van der Waals surface area contributed by atoms with Crippen molar-refractivity contribution in [3.05, 3.63) is 75.8 Å². The highest BCUT2D eigenvalue weighted by Crippen LogP contribution is 2.36. The summed E-state index contributed by atoms with van der Waals surface area (Å²) in [5.74, 6) is 1.23. The van der Waals surface area contributed by atoms with Crippen LogP contribution in [-0.2, 0) is 33.8 Å². The van der Waals surface area contributed by atoms with Crippen LogP contribution in [0, 0.1) is 26.7 Å². The molecule has 0 radical (unpaired) electrons. The van der Waals surface area contributed by atoms with Crippen LogP contribution in [0.5, 0.6) is 5.75 Å². The fraction of sp³-hybridized carbons (Fsp3) is 0.486. The van der Waals surface area contributed by atoms with Gasteiger partial charge in [-0.15, -0.1) is 0 Å². The molecular weight excluding hydrogens is 526 g/mol. The van der Waals surface area contributed by atoms with Crippen molar-refractivity contribution in [2.24, 2.45) is 5.92 Å². The van der Waals surface area contributed by atoms with E-state index in [-0.39, 0.29) is 18.0 Å². The number of fused-ring (bicyclic) bond motifs is 1. The van der Waals surface area contributed by atoms with Crippen molar-refractivity contribution in [2.45, 2.75) is 79.2 Å². The first-order valence-corrected chi connectivity index (χ1v) is 15.1. The van der Waals surface area contributed by atoms with Gasteiger partial charge in [0.05, 0.1) is 17.7 Å². The number of hydrogen-bond acceptors (Lipinski definition) is 7. The SMILES string of the molecule is CO[C@@H]1CN(c2cccc(-c3cc(C)cc(C)c3OCc3cc(C)c4c(c3)CCNC4)n2)CC[C@H]1C(=O)OC(C)(C)C. The molecule has 1 N–H and O–H groups in total. The van der Waals surface area contributed by atoms with Crippen LogP contribution in [0.4, 0.5) is 5.82 Å². The minimum Gasteiger partial charge on any atom is -0.488 e. The van der Waals surface area contributed by atoms with E-state index in [0.29, 0.717) is 26.1 Å². The Hall–Kier alpha value is -3.42. The zero-order chi connectivity index (χ0) is 30.0. The van der Waals surface area contributed by atoms with Crippen molar-refractivity contribution in [1.29, 1.82) is 0 Å². The summed E-state index contributed by atoms with van der Waals surface area (Å²) in [7, 11) is 1.66. The lowest BCUT2D eigenvalue weighted by atomic mass is 9.93. The number of hydrogen-bond donors (Lipinski definition) is 1. The smallest absolute Gasteiger partial charge is 0.312 e. The molecule has 7 nitrogen and oxygen atoms in total. The quantitative estimate of drug-likeness (QED) is 0.345. The monoisotopic (exact) mass is 571 g/mol. The molecule has 0 unspecified atom stereocenters. The highest BCUT2D eigenvalue weighted by Gasteiger charge is 2.37. The molecule has 0 amide bonds. The predicted octanol–water partition coefficient (Wildman–Crippen LogP) is 6.08. The van der Waals surface area contributed by atoms with Crippen LogP contribution in [-0.4, -0.2) is 49.4 Å². The zero-order valence-electron chi connectivity index (χ0n) is 26.2. The molecule has 224 valence electrons. The van der Waals surface area contributed by atoms with Crippen LogP contribution in [0.2, 0.25) is 0 Å². The summed E-state index contributed by atoms with van der Waals surface area (Å²) in [5, 5.41) is 3.48. The van der Waals surface area contributed by atoms with Crippen LogP contribution < -0.4 is 15.0 Å². The van der Waals surface area contributed by atoms with Crippen molar-refractivity contribution in [1.82, 2.24) is 10.3 Å². The summed E-state index contributed by atoms with van der Waals surface area (Å²) in [6.45, 7) is 15.8. The number of nitrogens with zero attached hydrogens (tertiary/aromatic N) is 2. The molecule has 0 aliphatic carbocycles. The number of carbonyl (C=O) groups excluding carboxylic acids is 1. The van der Waals surface area contributed by atoms with Gasteiger partial charge in [0.1, 0.15) is 23.8 Å². The molecule has 1 aromatic heterocycles. The molecule has 42 heavy (non-hydrogen) atoms. The van der Waals surface area contributed by atoms with E-state index >= 15 is 0 Å². The number of esters is 1. The van der Waals surface area contributed by atoms with Gasteiger partial charge in [0.25, 0.3) is 0 Å². The van der Waals surface area contributed by atoms with E-state index in [4.69, 9.17) is 19.2 Å². The minimum absolute atomic E-state index is 0.196. The fourth-order valence-electron chi connectivity index (χ4n) is 6.22. The van der Waals surface area contributed by atoms with Crippen LogP contribution in [0.1, 0.15) is 60.6 Å². The van der Waals surface area contributed by atoms with E-state index in [9.17, 15) is 4.79 Å². The number of aryl methyl sites for hydroxylation is 3.